The molecule has 19 heavy (non-hydrogen) atoms. The molecule has 0 aliphatic heterocycles. The van der Waals surface area contributed by atoms with Crippen molar-refractivity contribution >= 4 is 23.4 Å². The fourth-order valence-electron chi connectivity index (χ4n) is 1.99. The number of hydrogen-bond acceptors (Lipinski definition) is 2. The van der Waals surface area contributed by atoms with Crippen LogP contribution in [-0.4, -0.2) is 6.54 Å². The summed E-state index contributed by atoms with van der Waals surface area (Å²) in [5, 5.41) is 4.26. The Hall–Kier alpha value is -0.960. The van der Waals surface area contributed by atoms with Gasteiger partial charge in [0.1, 0.15) is 0 Å². The van der Waals surface area contributed by atoms with Gasteiger partial charge in [0.25, 0.3) is 0 Å². The van der Waals surface area contributed by atoms with Crippen molar-refractivity contribution in [2.75, 3.05) is 6.54 Å². The van der Waals surface area contributed by atoms with Crippen LogP contribution in [0.4, 0.5) is 0 Å². The van der Waals surface area contributed by atoms with Crippen molar-refractivity contribution in [1.82, 2.24) is 5.32 Å². The fourth-order valence-corrected chi connectivity index (χ4v) is 3.30. The van der Waals surface area contributed by atoms with Gasteiger partial charge in [-0.05, 0) is 37.2 Å². The summed E-state index contributed by atoms with van der Waals surface area (Å²) in [5.41, 5.74) is 1.31. The van der Waals surface area contributed by atoms with Crippen LogP contribution in [0.1, 0.15) is 25.5 Å². The molecule has 1 nitrogen and oxygen atoms in total. The molecule has 0 aliphatic rings. The lowest BCUT2D eigenvalue weighted by molar-refractivity contribution is 0.590. The van der Waals surface area contributed by atoms with Crippen molar-refractivity contribution in [3.8, 4) is 0 Å². The standard InChI is InChI=1S/C16H18ClNS/c1-3-18-12(2)13-8-4-6-10-15(13)19-16-11-7-5-9-14(16)17/h4-12,18H,3H2,1-2H3. The number of halogens is 1. The average molecular weight is 292 g/mol. The van der Waals surface area contributed by atoms with Crippen molar-refractivity contribution in [1.29, 1.82) is 0 Å². The first kappa shape index (κ1) is 14.4. The van der Waals surface area contributed by atoms with E-state index in [1.807, 2.05) is 18.2 Å². The van der Waals surface area contributed by atoms with Crippen LogP contribution in [-0.2, 0) is 0 Å². The summed E-state index contributed by atoms with van der Waals surface area (Å²) in [7, 11) is 0. The first-order chi connectivity index (χ1) is 9.22. The van der Waals surface area contributed by atoms with Gasteiger partial charge in [-0.3, -0.25) is 0 Å². The Labute approximate surface area is 124 Å². The van der Waals surface area contributed by atoms with Gasteiger partial charge in [-0.15, -0.1) is 0 Å². The predicted octanol–water partition coefficient (Wildman–Crippen LogP) is 5.16. The van der Waals surface area contributed by atoms with E-state index in [1.54, 1.807) is 11.8 Å². The first-order valence-electron chi connectivity index (χ1n) is 6.47. The van der Waals surface area contributed by atoms with Crippen molar-refractivity contribution in [3.05, 3.63) is 59.1 Å². The molecule has 0 aromatic heterocycles. The van der Waals surface area contributed by atoms with Gasteiger partial charge < -0.3 is 5.32 Å². The molecule has 1 atom stereocenters. The molecule has 0 spiro atoms. The van der Waals surface area contributed by atoms with E-state index in [1.165, 1.54) is 10.5 Å². The van der Waals surface area contributed by atoms with Crippen LogP contribution in [0.5, 0.6) is 0 Å². The molecule has 0 aliphatic carbocycles. The van der Waals surface area contributed by atoms with Crippen LogP contribution in [0.15, 0.2) is 58.3 Å². The number of hydrogen-bond donors (Lipinski definition) is 1. The van der Waals surface area contributed by atoms with Crippen molar-refractivity contribution < 1.29 is 0 Å². The molecule has 0 amide bonds. The second kappa shape index (κ2) is 6.99. The smallest absolute Gasteiger partial charge is 0.0545 e. The first-order valence-corrected chi connectivity index (χ1v) is 7.66. The Kier molecular flexibility index (Phi) is 5.32. The molecule has 0 radical (unpaired) electrons. The molecule has 3 heteroatoms. The van der Waals surface area contributed by atoms with Gasteiger partial charge in [-0.25, -0.2) is 0 Å². The van der Waals surface area contributed by atoms with E-state index in [4.69, 9.17) is 11.6 Å². The monoisotopic (exact) mass is 291 g/mol. The van der Waals surface area contributed by atoms with Crippen molar-refractivity contribution in [2.24, 2.45) is 0 Å². The molecule has 0 saturated heterocycles. The third-order valence-corrected chi connectivity index (χ3v) is 4.56. The van der Waals surface area contributed by atoms with E-state index in [9.17, 15) is 0 Å². The number of nitrogens with one attached hydrogen (secondary N) is 1. The predicted molar refractivity (Wildman–Crippen MR) is 84.1 cm³/mol. The zero-order valence-corrected chi connectivity index (χ0v) is 12.8. The van der Waals surface area contributed by atoms with E-state index in [-0.39, 0.29) is 0 Å². The van der Waals surface area contributed by atoms with Crippen LogP contribution < -0.4 is 5.32 Å². The zero-order chi connectivity index (χ0) is 13.7. The summed E-state index contributed by atoms with van der Waals surface area (Å²) in [6.45, 7) is 5.28. The molecule has 0 bridgehead atoms. The van der Waals surface area contributed by atoms with Crippen LogP contribution >= 0.6 is 23.4 Å². The van der Waals surface area contributed by atoms with Gasteiger partial charge in [0, 0.05) is 15.8 Å². The summed E-state index contributed by atoms with van der Waals surface area (Å²) in [5.74, 6) is 0. The highest BCUT2D eigenvalue weighted by Gasteiger charge is 2.11. The van der Waals surface area contributed by atoms with Gasteiger partial charge >= 0.3 is 0 Å². The molecule has 1 unspecified atom stereocenters. The minimum absolute atomic E-state index is 0.344. The molecule has 0 saturated carbocycles. The van der Waals surface area contributed by atoms with Gasteiger partial charge in [-0.2, -0.15) is 0 Å². The Bertz CT molecular complexity index is 542. The third kappa shape index (κ3) is 3.75. The van der Waals surface area contributed by atoms with Crippen LogP contribution in [0.25, 0.3) is 0 Å². The molecule has 2 aromatic rings. The number of benzene rings is 2. The van der Waals surface area contributed by atoms with Crippen molar-refractivity contribution in [3.63, 3.8) is 0 Å². The maximum absolute atomic E-state index is 6.23. The lowest BCUT2D eigenvalue weighted by atomic mass is 10.1. The molecular weight excluding hydrogens is 274 g/mol. The highest BCUT2D eigenvalue weighted by atomic mass is 35.5. The highest BCUT2D eigenvalue weighted by molar-refractivity contribution is 7.99. The summed E-state index contributed by atoms with van der Waals surface area (Å²) in [6, 6.07) is 16.8. The second-order valence-corrected chi connectivity index (χ2v) is 5.84. The van der Waals surface area contributed by atoms with Gasteiger partial charge in [0.15, 0.2) is 0 Å². The molecule has 1 N–H and O–H groups in total. The molecular formula is C16H18ClNS. The molecule has 0 fully saturated rings. The maximum atomic E-state index is 6.23. The van der Waals surface area contributed by atoms with Gasteiger partial charge in [0.2, 0.25) is 0 Å². The Morgan fingerprint density at radius 1 is 1.05 bits per heavy atom. The van der Waals surface area contributed by atoms with Gasteiger partial charge in [0.05, 0.1) is 5.02 Å². The van der Waals surface area contributed by atoms with Gasteiger partial charge in [-0.1, -0.05) is 60.6 Å². The fraction of sp³-hybridized carbons (Fsp3) is 0.250. The van der Waals surface area contributed by atoms with Crippen LogP contribution in [0, 0.1) is 0 Å². The van der Waals surface area contributed by atoms with E-state index in [0.29, 0.717) is 6.04 Å². The maximum Gasteiger partial charge on any atom is 0.0545 e. The van der Waals surface area contributed by atoms with E-state index in [0.717, 1.165) is 16.5 Å². The summed E-state index contributed by atoms with van der Waals surface area (Å²) < 4.78 is 0. The Balaban J connectivity index is 2.28. The topological polar surface area (TPSA) is 12.0 Å². The zero-order valence-electron chi connectivity index (χ0n) is 11.2. The summed E-state index contributed by atoms with van der Waals surface area (Å²) in [4.78, 5) is 2.35. The molecule has 100 valence electrons. The summed E-state index contributed by atoms with van der Waals surface area (Å²) in [6.07, 6.45) is 0. The van der Waals surface area contributed by atoms with E-state index in [2.05, 4.69) is 49.5 Å². The minimum atomic E-state index is 0.344. The Morgan fingerprint density at radius 3 is 2.37 bits per heavy atom. The van der Waals surface area contributed by atoms with Crippen LogP contribution in [0.2, 0.25) is 5.02 Å². The second-order valence-electron chi connectivity index (χ2n) is 4.35. The third-order valence-electron chi connectivity index (χ3n) is 2.95. The normalized spacial score (nSPS) is 12.4. The largest absolute Gasteiger partial charge is 0.310 e. The highest BCUT2D eigenvalue weighted by Crippen LogP contribution is 2.36. The number of rotatable bonds is 5. The SMILES string of the molecule is CCNC(C)c1ccccc1Sc1ccccc1Cl. The minimum Gasteiger partial charge on any atom is -0.310 e. The van der Waals surface area contributed by atoms with Crippen LogP contribution in [0.3, 0.4) is 0 Å². The molecule has 0 heterocycles. The van der Waals surface area contributed by atoms with E-state index >= 15 is 0 Å². The van der Waals surface area contributed by atoms with E-state index < -0.39 is 0 Å². The quantitative estimate of drug-likeness (QED) is 0.816. The lowest BCUT2D eigenvalue weighted by Gasteiger charge is -2.17. The lowest BCUT2D eigenvalue weighted by Crippen LogP contribution is -2.18. The molecule has 2 aromatic carbocycles. The average Bonchev–Trinajstić information content (AvgIpc) is 2.42. The Morgan fingerprint density at radius 2 is 1.68 bits per heavy atom. The molecule has 2 rings (SSSR count). The van der Waals surface area contributed by atoms with Crippen molar-refractivity contribution in [2.45, 2.75) is 29.7 Å². The summed E-state index contributed by atoms with van der Waals surface area (Å²) >= 11 is 7.95.